The average Bonchev–Trinajstić information content (AvgIpc) is 2.85. The number of aliphatic hydroxyl groups excluding tert-OH is 1. The molecule has 1 aromatic carbocycles. The summed E-state index contributed by atoms with van der Waals surface area (Å²) in [4.78, 5) is 21.2. The maximum atomic E-state index is 10.9. The van der Waals surface area contributed by atoms with E-state index in [0.29, 0.717) is 34.1 Å². The lowest BCUT2D eigenvalue weighted by Gasteiger charge is -2.30. The highest BCUT2D eigenvalue weighted by molar-refractivity contribution is 6.31. The zero-order valence-electron chi connectivity index (χ0n) is 18.6. The first-order valence-corrected chi connectivity index (χ1v) is 11.7. The van der Waals surface area contributed by atoms with Crippen LogP contribution in [0.15, 0.2) is 30.6 Å². The fourth-order valence-corrected chi connectivity index (χ4v) is 4.18. The number of aliphatic hydroxyl groups is 1. The van der Waals surface area contributed by atoms with Crippen molar-refractivity contribution >= 4 is 23.5 Å². The minimum absolute atomic E-state index is 0.245. The third-order valence-electron chi connectivity index (χ3n) is 5.99. The van der Waals surface area contributed by atoms with Crippen molar-refractivity contribution in [3.8, 4) is 11.8 Å². The standard InChI is InChI=1S/C13H14ClNO.C11H16N4O2/c14-13-8-12(7-6-10(13)9-15)16-11-4-2-1-3-5-11;12-10(17)9-5-13-11(14-6-9)15-3-1-8(7-16)2-4-15/h6-8,11H,1-5H2;5-6,8,16H,1-4,7H2,(H2,12,17). The molecule has 2 heterocycles. The second-order valence-electron chi connectivity index (χ2n) is 8.38. The summed E-state index contributed by atoms with van der Waals surface area (Å²) >= 11 is 5.94. The van der Waals surface area contributed by atoms with E-state index < -0.39 is 5.91 Å². The lowest BCUT2D eigenvalue weighted by molar-refractivity contribution is 0.0999. The number of piperidine rings is 1. The van der Waals surface area contributed by atoms with Gasteiger partial charge in [-0.3, -0.25) is 4.79 Å². The van der Waals surface area contributed by atoms with E-state index in [0.717, 1.165) is 44.5 Å². The van der Waals surface area contributed by atoms with Gasteiger partial charge in [-0.15, -0.1) is 0 Å². The van der Waals surface area contributed by atoms with Gasteiger partial charge in [-0.2, -0.15) is 5.26 Å². The minimum Gasteiger partial charge on any atom is -0.490 e. The van der Waals surface area contributed by atoms with E-state index in [-0.39, 0.29) is 6.61 Å². The van der Waals surface area contributed by atoms with Crippen molar-refractivity contribution in [3.05, 3.63) is 46.7 Å². The fourth-order valence-electron chi connectivity index (χ4n) is 3.96. The Bertz CT molecular complexity index is 950. The van der Waals surface area contributed by atoms with Crippen LogP contribution in [0.5, 0.6) is 5.75 Å². The van der Waals surface area contributed by atoms with Crippen LogP contribution in [0.25, 0.3) is 0 Å². The number of carbonyl (C=O) groups is 1. The number of halogens is 1. The van der Waals surface area contributed by atoms with Crippen LogP contribution in [0.1, 0.15) is 60.9 Å². The maximum absolute atomic E-state index is 10.9. The van der Waals surface area contributed by atoms with Crippen LogP contribution in [0.3, 0.4) is 0 Å². The van der Waals surface area contributed by atoms with Crippen LogP contribution in [0, 0.1) is 17.2 Å². The van der Waals surface area contributed by atoms with Crippen molar-refractivity contribution in [1.82, 2.24) is 9.97 Å². The van der Waals surface area contributed by atoms with E-state index in [4.69, 9.17) is 32.4 Å². The summed E-state index contributed by atoms with van der Waals surface area (Å²) in [6.45, 7) is 1.91. The molecule has 8 nitrogen and oxygen atoms in total. The van der Waals surface area contributed by atoms with Crippen LogP contribution >= 0.6 is 11.6 Å². The van der Waals surface area contributed by atoms with Crippen molar-refractivity contribution in [2.75, 3.05) is 24.6 Å². The van der Waals surface area contributed by atoms with Gasteiger partial charge in [-0.05, 0) is 56.6 Å². The Kier molecular flexibility index (Phi) is 9.28. The zero-order chi connectivity index (χ0) is 23.6. The third-order valence-corrected chi connectivity index (χ3v) is 6.31. The van der Waals surface area contributed by atoms with Gasteiger partial charge >= 0.3 is 0 Å². The topological polar surface area (TPSA) is 125 Å². The number of benzene rings is 1. The molecule has 1 aromatic heterocycles. The summed E-state index contributed by atoms with van der Waals surface area (Å²) in [6, 6.07) is 7.30. The van der Waals surface area contributed by atoms with Crippen molar-refractivity contribution in [1.29, 1.82) is 5.26 Å². The van der Waals surface area contributed by atoms with E-state index in [1.54, 1.807) is 12.1 Å². The van der Waals surface area contributed by atoms with Crippen molar-refractivity contribution < 1.29 is 14.6 Å². The van der Waals surface area contributed by atoms with Gasteiger partial charge in [-0.25, -0.2) is 9.97 Å². The molecule has 2 aromatic rings. The molecule has 0 spiro atoms. The van der Waals surface area contributed by atoms with Crippen molar-refractivity contribution in [2.45, 2.75) is 51.0 Å². The van der Waals surface area contributed by atoms with Crippen LogP contribution in [-0.2, 0) is 0 Å². The molecule has 1 saturated heterocycles. The molecule has 0 bridgehead atoms. The Labute approximate surface area is 199 Å². The van der Waals surface area contributed by atoms with Gasteiger partial charge < -0.3 is 20.5 Å². The summed E-state index contributed by atoms with van der Waals surface area (Å²) in [5, 5.41) is 18.3. The number of ether oxygens (including phenoxy) is 1. The number of primary amides is 1. The van der Waals surface area contributed by atoms with Gasteiger partial charge in [0.1, 0.15) is 11.8 Å². The van der Waals surface area contributed by atoms with Crippen LogP contribution in [0.2, 0.25) is 5.02 Å². The Morgan fingerprint density at radius 1 is 1.18 bits per heavy atom. The maximum Gasteiger partial charge on any atom is 0.251 e. The molecule has 0 atom stereocenters. The minimum atomic E-state index is -0.518. The van der Waals surface area contributed by atoms with Crippen molar-refractivity contribution in [3.63, 3.8) is 0 Å². The molecule has 3 N–H and O–H groups in total. The van der Waals surface area contributed by atoms with Gasteiger partial charge in [0.15, 0.2) is 0 Å². The number of anilines is 1. The van der Waals surface area contributed by atoms with Crippen LogP contribution < -0.4 is 15.4 Å². The number of carbonyl (C=O) groups excluding carboxylic acids is 1. The normalized spacial score (nSPS) is 16.9. The summed E-state index contributed by atoms with van der Waals surface area (Å²) in [5.41, 5.74) is 5.93. The van der Waals surface area contributed by atoms with E-state index >= 15 is 0 Å². The molecule has 1 saturated carbocycles. The van der Waals surface area contributed by atoms with Gasteiger partial charge in [0.2, 0.25) is 5.95 Å². The summed E-state index contributed by atoms with van der Waals surface area (Å²) in [7, 11) is 0. The number of nitriles is 1. The van der Waals surface area contributed by atoms with E-state index in [9.17, 15) is 4.79 Å². The molecular formula is C24H30ClN5O3. The first-order chi connectivity index (χ1) is 16.0. The first-order valence-electron chi connectivity index (χ1n) is 11.3. The number of aromatic nitrogens is 2. The molecule has 1 aliphatic heterocycles. The molecule has 1 aliphatic carbocycles. The second kappa shape index (κ2) is 12.4. The zero-order valence-corrected chi connectivity index (χ0v) is 19.4. The van der Waals surface area contributed by atoms with Crippen LogP contribution in [0.4, 0.5) is 5.95 Å². The van der Waals surface area contributed by atoms with E-state index in [1.165, 1.54) is 31.7 Å². The summed E-state index contributed by atoms with van der Waals surface area (Å²) in [6.07, 6.45) is 11.1. The molecule has 9 heteroatoms. The Balaban J connectivity index is 0.000000186. The molecule has 176 valence electrons. The highest BCUT2D eigenvalue weighted by atomic mass is 35.5. The van der Waals surface area contributed by atoms with Gasteiger partial charge in [0, 0.05) is 38.2 Å². The number of rotatable bonds is 5. The Hall–Kier alpha value is -2.89. The van der Waals surface area contributed by atoms with Crippen molar-refractivity contribution in [2.24, 2.45) is 11.7 Å². The Morgan fingerprint density at radius 3 is 2.39 bits per heavy atom. The molecular weight excluding hydrogens is 442 g/mol. The van der Waals surface area contributed by atoms with Gasteiger partial charge in [0.05, 0.1) is 22.3 Å². The lowest BCUT2D eigenvalue weighted by Crippen LogP contribution is -2.35. The predicted octanol–water partition coefficient (Wildman–Crippen LogP) is 3.71. The summed E-state index contributed by atoms with van der Waals surface area (Å²) in [5.74, 6) is 1.26. The third kappa shape index (κ3) is 7.31. The predicted molar refractivity (Wildman–Crippen MR) is 126 cm³/mol. The second-order valence-corrected chi connectivity index (χ2v) is 8.79. The number of hydrogen-bond donors (Lipinski definition) is 2. The Morgan fingerprint density at radius 2 is 1.85 bits per heavy atom. The number of hydrogen-bond acceptors (Lipinski definition) is 7. The lowest BCUT2D eigenvalue weighted by atomic mass is 9.98. The number of nitrogens with two attached hydrogens (primary N) is 1. The molecule has 2 fully saturated rings. The van der Waals surface area contributed by atoms with Gasteiger partial charge in [0.25, 0.3) is 5.91 Å². The number of nitrogens with zero attached hydrogens (tertiary/aromatic N) is 4. The molecule has 0 unspecified atom stereocenters. The van der Waals surface area contributed by atoms with Crippen LogP contribution in [-0.4, -0.2) is 46.8 Å². The molecule has 0 radical (unpaired) electrons. The largest absolute Gasteiger partial charge is 0.490 e. The monoisotopic (exact) mass is 471 g/mol. The molecule has 1 amide bonds. The van der Waals surface area contributed by atoms with E-state index in [2.05, 4.69) is 14.9 Å². The number of amides is 1. The highest BCUT2D eigenvalue weighted by Crippen LogP contribution is 2.27. The smallest absolute Gasteiger partial charge is 0.251 e. The van der Waals surface area contributed by atoms with Gasteiger partial charge in [-0.1, -0.05) is 18.0 Å². The summed E-state index contributed by atoms with van der Waals surface area (Å²) < 4.78 is 5.84. The highest BCUT2D eigenvalue weighted by Gasteiger charge is 2.20. The molecule has 4 rings (SSSR count). The van der Waals surface area contributed by atoms with E-state index in [1.807, 2.05) is 12.1 Å². The molecule has 2 aliphatic rings. The SMILES string of the molecule is N#Cc1ccc(OC2CCCCC2)cc1Cl.NC(=O)c1cnc(N2CCC(CO)CC2)nc1. The quantitative estimate of drug-likeness (QED) is 0.680. The average molecular weight is 472 g/mol. The fraction of sp³-hybridized carbons (Fsp3) is 0.500. The first kappa shape index (κ1) is 24.7. The molecule has 33 heavy (non-hydrogen) atoms.